The maximum atomic E-state index is 11.2. The van der Waals surface area contributed by atoms with Gasteiger partial charge in [0.2, 0.25) is 0 Å². The van der Waals surface area contributed by atoms with Gasteiger partial charge in [-0.1, -0.05) is 20.3 Å². The second-order valence-corrected chi connectivity index (χ2v) is 6.35. The maximum Gasteiger partial charge on any atom is 0.320 e. The van der Waals surface area contributed by atoms with E-state index in [-0.39, 0.29) is 5.92 Å². The van der Waals surface area contributed by atoms with E-state index in [9.17, 15) is 9.90 Å². The van der Waals surface area contributed by atoms with Gasteiger partial charge in [0.05, 0.1) is 0 Å². The second kappa shape index (κ2) is 4.97. The Bertz CT molecular complexity index is 290. The van der Waals surface area contributed by atoms with Crippen LogP contribution in [0.3, 0.4) is 0 Å². The van der Waals surface area contributed by atoms with Gasteiger partial charge in [0.25, 0.3) is 0 Å². The molecule has 2 saturated carbocycles. The molecule has 0 radical (unpaired) electrons. The third-order valence-corrected chi connectivity index (χ3v) is 4.81. The Kier molecular flexibility index (Phi) is 3.76. The van der Waals surface area contributed by atoms with E-state index in [4.69, 9.17) is 0 Å². The summed E-state index contributed by atoms with van der Waals surface area (Å²) in [6.07, 6.45) is 5.46. The normalized spacial score (nSPS) is 35.2. The molecule has 3 nitrogen and oxygen atoms in total. The van der Waals surface area contributed by atoms with Gasteiger partial charge in [0, 0.05) is 6.04 Å². The van der Waals surface area contributed by atoms with Gasteiger partial charge in [-0.3, -0.25) is 4.79 Å². The van der Waals surface area contributed by atoms with Gasteiger partial charge in [-0.05, 0) is 49.9 Å². The van der Waals surface area contributed by atoms with Crippen LogP contribution in [0.2, 0.25) is 0 Å². The van der Waals surface area contributed by atoms with Crippen molar-refractivity contribution in [3.63, 3.8) is 0 Å². The minimum atomic E-state index is -0.713. The molecule has 2 aliphatic rings. The van der Waals surface area contributed by atoms with E-state index >= 15 is 0 Å². The lowest BCUT2D eigenvalue weighted by Crippen LogP contribution is -2.48. The minimum Gasteiger partial charge on any atom is -0.480 e. The topological polar surface area (TPSA) is 49.3 Å². The van der Waals surface area contributed by atoms with Gasteiger partial charge in [0.15, 0.2) is 0 Å². The van der Waals surface area contributed by atoms with Gasteiger partial charge >= 0.3 is 5.97 Å². The lowest BCUT2D eigenvalue weighted by atomic mass is 9.83. The predicted molar refractivity (Wildman–Crippen MR) is 67.8 cm³/mol. The molecule has 2 aliphatic carbocycles. The van der Waals surface area contributed by atoms with Crippen molar-refractivity contribution in [3.8, 4) is 0 Å². The Morgan fingerprint density at radius 3 is 2.35 bits per heavy atom. The second-order valence-electron chi connectivity index (χ2n) is 6.35. The van der Waals surface area contributed by atoms with E-state index in [2.05, 4.69) is 12.2 Å². The van der Waals surface area contributed by atoms with Gasteiger partial charge < -0.3 is 10.4 Å². The predicted octanol–water partition coefficient (Wildman–Crippen LogP) is 2.51. The summed E-state index contributed by atoms with van der Waals surface area (Å²) >= 11 is 0. The number of hydrogen-bond donors (Lipinski definition) is 2. The fourth-order valence-corrected chi connectivity index (χ4v) is 3.86. The summed E-state index contributed by atoms with van der Waals surface area (Å²) in [5, 5.41) is 12.5. The van der Waals surface area contributed by atoms with Gasteiger partial charge in [-0.25, -0.2) is 0 Å². The van der Waals surface area contributed by atoms with Crippen LogP contribution >= 0.6 is 0 Å². The summed E-state index contributed by atoms with van der Waals surface area (Å²) < 4.78 is 0. The molecule has 3 heteroatoms. The first kappa shape index (κ1) is 12.9. The van der Waals surface area contributed by atoms with Crippen LogP contribution in [0.4, 0.5) is 0 Å². The molecule has 0 saturated heterocycles. The standard InChI is InChI=1S/C14H25NO2/c1-8(2)13(14(16)17)15-9(3)12-7-10-4-5-11(12)6-10/h8-13,15H,4-7H2,1-3H3,(H,16,17). The van der Waals surface area contributed by atoms with Crippen LogP contribution in [0.15, 0.2) is 0 Å². The van der Waals surface area contributed by atoms with Crippen molar-refractivity contribution in [2.24, 2.45) is 23.7 Å². The molecule has 0 aromatic heterocycles. The molecule has 0 aliphatic heterocycles. The van der Waals surface area contributed by atoms with Crippen molar-refractivity contribution in [2.75, 3.05) is 0 Å². The van der Waals surface area contributed by atoms with Crippen LogP contribution < -0.4 is 5.32 Å². The average molecular weight is 239 g/mol. The molecule has 0 heterocycles. The summed E-state index contributed by atoms with van der Waals surface area (Å²) in [5.74, 6) is 1.92. The van der Waals surface area contributed by atoms with Crippen LogP contribution in [0.5, 0.6) is 0 Å². The van der Waals surface area contributed by atoms with Crippen LogP contribution in [-0.4, -0.2) is 23.2 Å². The van der Waals surface area contributed by atoms with E-state index in [0.29, 0.717) is 12.0 Å². The summed E-state index contributed by atoms with van der Waals surface area (Å²) in [4.78, 5) is 11.2. The van der Waals surface area contributed by atoms with Crippen LogP contribution in [-0.2, 0) is 4.79 Å². The molecule has 0 amide bonds. The average Bonchev–Trinajstić information content (AvgIpc) is 2.85. The smallest absolute Gasteiger partial charge is 0.320 e. The first-order chi connectivity index (χ1) is 7.99. The van der Waals surface area contributed by atoms with Crippen molar-refractivity contribution in [3.05, 3.63) is 0 Å². The molecule has 2 bridgehead atoms. The fraction of sp³-hybridized carbons (Fsp3) is 0.929. The molecule has 0 spiro atoms. The van der Waals surface area contributed by atoms with Crippen LogP contribution in [0, 0.1) is 23.7 Å². The zero-order chi connectivity index (χ0) is 12.6. The highest BCUT2D eigenvalue weighted by Gasteiger charge is 2.42. The first-order valence-corrected chi connectivity index (χ1v) is 6.98. The minimum absolute atomic E-state index is 0.147. The monoisotopic (exact) mass is 239 g/mol. The molecule has 98 valence electrons. The van der Waals surface area contributed by atoms with Crippen LogP contribution in [0.25, 0.3) is 0 Å². The third-order valence-electron chi connectivity index (χ3n) is 4.81. The summed E-state index contributed by atoms with van der Waals surface area (Å²) in [5.41, 5.74) is 0. The molecule has 17 heavy (non-hydrogen) atoms. The summed E-state index contributed by atoms with van der Waals surface area (Å²) in [6, 6.07) is -0.0575. The fourth-order valence-electron chi connectivity index (χ4n) is 3.86. The van der Waals surface area contributed by atoms with Gasteiger partial charge in [0.1, 0.15) is 6.04 Å². The zero-order valence-corrected chi connectivity index (χ0v) is 11.1. The molecule has 0 aromatic carbocycles. The number of fused-ring (bicyclic) bond motifs is 2. The lowest BCUT2D eigenvalue weighted by molar-refractivity contribution is -0.141. The third kappa shape index (κ3) is 2.65. The molecule has 2 fully saturated rings. The first-order valence-electron chi connectivity index (χ1n) is 6.98. The van der Waals surface area contributed by atoms with Crippen molar-refractivity contribution in [1.29, 1.82) is 0 Å². The molecular formula is C14H25NO2. The largest absolute Gasteiger partial charge is 0.480 e. The Morgan fingerprint density at radius 2 is 1.94 bits per heavy atom. The number of aliphatic carboxylic acids is 1. The molecular weight excluding hydrogens is 214 g/mol. The highest BCUT2D eigenvalue weighted by molar-refractivity contribution is 5.73. The van der Waals surface area contributed by atoms with E-state index < -0.39 is 12.0 Å². The Morgan fingerprint density at radius 1 is 1.24 bits per heavy atom. The Balaban J connectivity index is 1.92. The molecule has 2 rings (SSSR count). The van der Waals surface area contributed by atoms with E-state index in [1.165, 1.54) is 25.7 Å². The van der Waals surface area contributed by atoms with Crippen molar-refractivity contribution >= 4 is 5.97 Å². The number of rotatable bonds is 5. The highest BCUT2D eigenvalue weighted by Crippen LogP contribution is 2.49. The lowest BCUT2D eigenvalue weighted by Gasteiger charge is -2.31. The van der Waals surface area contributed by atoms with Gasteiger partial charge in [-0.2, -0.15) is 0 Å². The number of carbonyl (C=O) groups is 1. The molecule has 2 N–H and O–H groups in total. The Labute approximate surface area is 104 Å². The zero-order valence-electron chi connectivity index (χ0n) is 11.1. The molecule has 0 aromatic rings. The summed E-state index contributed by atoms with van der Waals surface area (Å²) in [7, 11) is 0. The number of carboxylic acid groups (broad SMARTS) is 1. The van der Waals surface area contributed by atoms with Gasteiger partial charge in [-0.15, -0.1) is 0 Å². The summed E-state index contributed by atoms with van der Waals surface area (Å²) in [6.45, 7) is 6.11. The quantitative estimate of drug-likeness (QED) is 0.775. The number of nitrogens with one attached hydrogen (secondary N) is 1. The van der Waals surface area contributed by atoms with Crippen molar-refractivity contribution in [2.45, 2.75) is 58.5 Å². The highest BCUT2D eigenvalue weighted by atomic mass is 16.4. The molecule has 5 unspecified atom stereocenters. The van der Waals surface area contributed by atoms with Crippen LogP contribution in [0.1, 0.15) is 46.5 Å². The van der Waals surface area contributed by atoms with E-state index in [0.717, 1.165) is 11.8 Å². The van der Waals surface area contributed by atoms with Crippen molar-refractivity contribution < 1.29 is 9.90 Å². The number of hydrogen-bond acceptors (Lipinski definition) is 2. The Hall–Kier alpha value is -0.570. The molecule has 5 atom stereocenters. The van der Waals surface area contributed by atoms with E-state index in [1.54, 1.807) is 0 Å². The van der Waals surface area contributed by atoms with Crippen molar-refractivity contribution in [1.82, 2.24) is 5.32 Å². The maximum absolute atomic E-state index is 11.2. The van der Waals surface area contributed by atoms with E-state index in [1.807, 2.05) is 13.8 Å². The SMILES string of the molecule is CC(C)C(NC(C)C1CC2CCC1C2)C(=O)O. The number of carboxylic acids is 1.